The third-order valence-electron chi connectivity index (χ3n) is 8.57. The van der Waals surface area contributed by atoms with E-state index in [9.17, 15) is 9.59 Å². The standard InChI is InChI=1S/C32H37N5O4/c38-31(39)25-7-9-26(10-8-25)34-30-11-6-23(20-33-30)21-35-16-12-28(13-17-35)37-29(24-4-2-1-3-5-24)22-36(32(37)40)27-14-18-41-19-15-27/h1-11,20,27-29H,12-19,21-22H2,(H,33,34)(H,38,39). The molecule has 4 heterocycles. The molecule has 0 bridgehead atoms. The van der Waals surface area contributed by atoms with Gasteiger partial charge in [0, 0.05) is 63.4 Å². The lowest BCUT2D eigenvalue weighted by Crippen LogP contribution is -2.48. The van der Waals surface area contributed by atoms with Crippen LogP contribution in [-0.2, 0) is 11.3 Å². The van der Waals surface area contributed by atoms with Gasteiger partial charge in [0.15, 0.2) is 0 Å². The Kier molecular flexibility index (Phi) is 8.16. The van der Waals surface area contributed by atoms with Crippen molar-refractivity contribution in [3.63, 3.8) is 0 Å². The van der Waals surface area contributed by atoms with Crippen molar-refractivity contribution >= 4 is 23.5 Å². The van der Waals surface area contributed by atoms with Gasteiger partial charge in [0.1, 0.15) is 5.82 Å². The molecule has 2 amide bonds. The molecule has 3 aromatic rings. The molecule has 6 rings (SSSR count). The summed E-state index contributed by atoms with van der Waals surface area (Å²) in [6, 6.07) is 21.9. The van der Waals surface area contributed by atoms with Crippen LogP contribution in [0.25, 0.3) is 0 Å². The van der Waals surface area contributed by atoms with E-state index in [1.54, 1.807) is 24.3 Å². The van der Waals surface area contributed by atoms with Crippen molar-refractivity contribution < 1.29 is 19.4 Å². The lowest BCUT2D eigenvalue weighted by atomic mass is 9.99. The molecule has 1 aromatic heterocycles. The smallest absolute Gasteiger partial charge is 0.335 e. The number of hydrogen-bond donors (Lipinski definition) is 2. The fraction of sp³-hybridized carbons (Fsp3) is 0.406. The molecule has 3 aliphatic rings. The normalized spacial score (nSPS) is 20.9. The van der Waals surface area contributed by atoms with Crippen LogP contribution in [0.2, 0.25) is 0 Å². The number of ether oxygens (including phenoxy) is 1. The Labute approximate surface area is 240 Å². The van der Waals surface area contributed by atoms with Gasteiger partial charge in [-0.1, -0.05) is 36.4 Å². The van der Waals surface area contributed by atoms with E-state index in [0.29, 0.717) is 5.82 Å². The van der Waals surface area contributed by atoms with E-state index < -0.39 is 5.97 Å². The summed E-state index contributed by atoms with van der Waals surface area (Å²) in [4.78, 5) is 36.2. The number of anilines is 2. The molecule has 41 heavy (non-hydrogen) atoms. The molecule has 1 atom stereocenters. The molecule has 3 saturated heterocycles. The van der Waals surface area contributed by atoms with Gasteiger partial charge in [0.25, 0.3) is 0 Å². The highest BCUT2D eigenvalue weighted by Gasteiger charge is 2.45. The van der Waals surface area contributed by atoms with E-state index in [1.165, 1.54) is 5.56 Å². The second kappa shape index (κ2) is 12.3. The summed E-state index contributed by atoms with van der Waals surface area (Å²) >= 11 is 0. The quantitative estimate of drug-likeness (QED) is 0.397. The number of hydrogen-bond acceptors (Lipinski definition) is 6. The third kappa shape index (κ3) is 6.21. The fourth-order valence-electron chi connectivity index (χ4n) is 6.34. The zero-order chi connectivity index (χ0) is 28.2. The Morgan fingerprint density at radius 2 is 1.66 bits per heavy atom. The zero-order valence-electron chi connectivity index (χ0n) is 23.2. The van der Waals surface area contributed by atoms with E-state index in [0.717, 1.165) is 76.3 Å². The number of carbonyl (C=O) groups is 2. The van der Waals surface area contributed by atoms with E-state index in [4.69, 9.17) is 9.84 Å². The number of amides is 2. The van der Waals surface area contributed by atoms with E-state index in [1.807, 2.05) is 18.3 Å². The number of pyridine rings is 1. The Hall–Kier alpha value is -3.95. The second-order valence-electron chi connectivity index (χ2n) is 11.2. The lowest BCUT2D eigenvalue weighted by molar-refractivity contribution is 0.0493. The average Bonchev–Trinajstić information content (AvgIpc) is 3.36. The van der Waals surface area contributed by atoms with Gasteiger partial charge in [-0.15, -0.1) is 0 Å². The molecular weight excluding hydrogens is 518 g/mol. The summed E-state index contributed by atoms with van der Waals surface area (Å²) in [5.41, 5.74) is 3.40. The number of aromatic nitrogens is 1. The molecule has 0 aliphatic carbocycles. The maximum atomic E-state index is 13.8. The molecule has 3 fully saturated rings. The Morgan fingerprint density at radius 3 is 2.32 bits per heavy atom. The van der Waals surface area contributed by atoms with Gasteiger partial charge < -0.3 is 25.0 Å². The van der Waals surface area contributed by atoms with Gasteiger partial charge >= 0.3 is 12.0 Å². The largest absolute Gasteiger partial charge is 0.478 e. The number of aromatic carboxylic acids is 1. The molecule has 3 aliphatic heterocycles. The number of nitrogens with one attached hydrogen (secondary N) is 1. The summed E-state index contributed by atoms with van der Waals surface area (Å²) < 4.78 is 5.57. The van der Waals surface area contributed by atoms with E-state index >= 15 is 0 Å². The van der Waals surface area contributed by atoms with Gasteiger partial charge in [-0.25, -0.2) is 14.6 Å². The second-order valence-corrected chi connectivity index (χ2v) is 11.2. The Balaban J connectivity index is 1.06. The minimum absolute atomic E-state index is 0.0904. The highest BCUT2D eigenvalue weighted by molar-refractivity contribution is 5.88. The zero-order valence-corrected chi connectivity index (χ0v) is 23.2. The topological polar surface area (TPSA) is 98.2 Å². The van der Waals surface area contributed by atoms with Crippen molar-refractivity contribution in [3.05, 3.63) is 89.6 Å². The van der Waals surface area contributed by atoms with Crippen molar-refractivity contribution in [2.24, 2.45) is 0 Å². The molecular formula is C32H37N5O4. The molecule has 2 aromatic carbocycles. The van der Waals surface area contributed by atoms with Crippen LogP contribution in [0.4, 0.5) is 16.3 Å². The van der Waals surface area contributed by atoms with Crippen LogP contribution in [-0.4, -0.2) is 81.7 Å². The summed E-state index contributed by atoms with van der Waals surface area (Å²) in [5.74, 6) is -0.229. The highest BCUT2D eigenvalue weighted by Crippen LogP contribution is 2.37. The van der Waals surface area contributed by atoms with Crippen LogP contribution < -0.4 is 5.32 Å². The number of carbonyl (C=O) groups excluding carboxylic acids is 1. The predicted molar refractivity (Wildman–Crippen MR) is 156 cm³/mol. The van der Waals surface area contributed by atoms with Crippen molar-refractivity contribution in [1.82, 2.24) is 19.7 Å². The number of likely N-dealkylation sites (tertiary alicyclic amines) is 1. The molecule has 214 valence electrons. The first kappa shape index (κ1) is 27.2. The maximum absolute atomic E-state index is 13.8. The average molecular weight is 556 g/mol. The maximum Gasteiger partial charge on any atom is 0.335 e. The van der Waals surface area contributed by atoms with Crippen LogP contribution in [0, 0.1) is 0 Å². The van der Waals surface area contributed by atoms with Crippen molar-refractivity contribution in [2.45, 2.75) is 50.4 Å². The first-order valence-electron chi connectivity index (χ1n) is 14.5. The summed E-state index contributed by atoms with van der Waals surface area (Å²) in [7, 11) is 0. The van der Waals surface area contributed by atoms with E-state index in [-0.39, 0.29) is 29.7 Å². The SMILES string of the molecule is O=C(O)c1ccc(Nc2ccc(CN3CCC(N4C(=O)N(C5CCOCC5)CC4c4ccccc4)CC3)cn2)cc1. The van der Waals surface area contributed by atoms with Crippen molar-refractivity contribution in [2.75, 3.05) is 38.2 Å². The van der Waals surface area contributed by atoms with Crippen molar-refractivity contribution in [1.29, 1.82) is 0 Å². The minimum atomic E-state index is -0.942. The van der Waals surface area contributed by atoms with Crippen molar-refractivity contribution in [3.8, 4) is 0 Å². The molecule has 2 N–H and O–H groups in total. The number of carboxylic acid groups (broad SMARTS) is 1. The first-order valence-corrected chi connectivity index (χ1v) is 14.5. The number of urea groups is 1. The molecule has 0 radical (unpaired) electrons. The van der Waals surface area contributed by atoms with Gasteiger partial charge in [0.05, 0.1) is 11.6 Å². The minimum Gasteiger partial charge on any atom is -0.478 e. The van der Waals surface area contributed by atoms with E-state index in [2.05, 4.69) is 55.3 Å². The van der Waals surface area contributed by atoms with Crippen LogP contribution in [0.5, 0.6) is 0 Å². The molecule has 9 heteroatoms. The number of rotatable bonds is 8. The summed E-state index contributed by atoms with van der Waals surface area (Å²) in [6.07, 6.45) is 5.63. The molecule has 0 saturated carbocycles. The van der Waals surface area contributed by atoms with Crippen LogP contribution in [0.15, 0.2) is 72.9 Å². The number of piperidine rings is 1. The van der Waals surface area contributed by atoms with Gasteiger partial charge in [-0.05, 0) is 67.1 Å². The molecule has 9 nitrogen and oxygen atoms in total. The Morgan fingerprint density at radius 1 is 0.927 bits per heavy atom. The van der Waals surface area contributed by atoms with Gasteiger partial charge in [-0.2, -0.15) is 0 Å². The predicted octanol–water partition coefficient (Wildman–Crippen LogP) is 5.15. The van der Waals surface area contributed by atoms with Crippen LogP contribution in [0.1, 0.15) is 53.2 Å². The van der Waals surface area contributed by atoms with Gasteiger partial charge in [0.2, 0.25) is 0 Å². The molecule has 1 unspecified atom stereocenters. The first-order chi connectivity index (χ1) is 20.0. The monoisotopic (exact) mass is 555 g/mol. The number of nitrogens with zero attached hydrogens (tertiary/aromatic N) is 4. The van der Waals surface area contributed by atoms with Crippen LogP contribution >= 0.6 is 0 Å². The summed E-state index contributed by atoms with van der Waals surface area (Å²) in [5, 5.41) is 12.3. The number of benzene rings is 2. The lowest BCUT2D eigenvalue weighted by Gasteiger charge is -2.39. The Bertz CT molecular complexity index is 1320. The third-order valence-corrected chi connectivity index (χ3v) is 8.57. The highest BCUT2D eigenvalue weighted by atomic mass is 16.5. The molecule has 0 spiro atoms. The fourth-order valence-corrected chi connectivity index (χ4v) is 6.34. The van der Waals surface area contributed by atoms with Gasteiger partial charge in [-0.3, -0.25) is 4.90 Å². The van der Waals surface area contributed by atoms with Crippen LogP contribution in [0.3, 0.4) is 0 Å². The summed E-state index contributed by atoms with van der Waals surface area (Å²) in [6.45, 7) is 4.90. The number of carboxylic acids is 1.